The van der Waals surface area contributed by atoms with Crippen molar-refractivity contribution in [2.45, 2.75) is 19.4 Å². The van der Waals surface area contributed by atoms with Gasteiger partial charge in [0.1, 0.15) is 11.8 Å². The molecule has 0 aliphatic carbocycles. The van der Waals surface area contributed by atoms with Crippen LogP contribution in [-0.4, -0.2) is 18.5 Å². The van der Waals surface area contributed by atoms with Crippen LogP contribution in [0.4, 0.5) is 5.69 Å². The number of nitrogens with one attached hydrogen (secondary N) is 1. The fourth-order valence-electron chi connectivity index (χ4n) is 1.17. The molecule has 19 heavy (non-hydrogen) atoms. The van der Waals surface area contributed by atoms with Gasteiger partial charge in [0.05, 0.1) is 8.59 Å². The predicted molar refractivity (Wildman–Crippen MR) is 81.4 cm³/mol. The Kier molecular flexibility index (Phi) is 6.73. The Balaban J connectivity index is 2.81. The van der Waals surface area contributed by atoms with Gasteiger partial charge in [-0.1, -0.05) is 24.6 Å². The summed E-state index contributed by atoms with van der Waals surface area (Å²) >= 11 is 7.98. The molecule has 1 N–H and O–H groups in total. The molecule has 0 spiro atoms. The highest BCUT2D eigenvalue weighted by Crippen LogP contribution is 2.28. The van der Waals surface area contributed by atoms with E-state index in [2.05, 4.69) is 15.5 Å². The number of hydrogen-bond acceptors (Lipinski definition) is 4. The summed E-state index contributed by atoms with van der Waals surface area (Å²) in [6.45, 7) is 2.44. The second kappa shape index (κ2) is 8.07. The van der Waals surface area contributed by atoms with Crippen LogP contribution in [0.15, 0.2) is 28.4 Å². The van der Waals surface area contributed by atoms with Crippen LogP contribution in [0.5, 0.6) is 0 Å². The van der Waals surface area contributed by atoms with Crippen LogP contribution in [0.25, 0.3) is 0 Å². The average molecular weight is 391 g/mol. The summed E-state index contributed by atoms with van der Waals surface area (Å²) in [6, 6.07) is 5.86. The largest absolute Gasteiger partial charge is 0.353 e. The lowest BCUT2D eigenvalue weighted by atomic mass is 10.3. The Labute approximate surface area is 130 Å². The lowest BCUT2D eigenvalue weighted by Crippen LogP contribution is -2.32. The van der Waals surface area contributed by atoms with E-state index in [9.17, 15) is 4.79 Å². The number of nitriles is 1. The Bertz CT molecular complexity index is 527. The maximum Gasteiger partial charge on any atom is 0.261 e. The maximum atomic E-state index is 11.6. The first-order chi connectivity index (χ1) is 9.10. The third kappa shape index (κ3) is 4.76. The van der Waals surface area contributed by atoms with E-state index >= 15 is 0 Å². The van der Waals surface area contributed by atoms with Crippen LogP contribution >= 0.6 is 34.2 Å². The standard InChI is InChI=1S/C12H12ClIN4O/c1-2-6-16-12(19)10(7-15)18-17-9-5-3-4-8(13)11(9)14/h3-5,10H,2,6H2,1H3,(H,16,19). The molecule has 1 rings (SSSR count). The van der Waals surface area contributed by atoms with E-state index in [0.717, 1.165) is 9.99 Å². The van der Waals surface area contributed by atoms with Gasteiger partial charge in [-0.25, -0.2) is 0 Å². The van der Waals surface area contributed by atoms with Crippen molar-refractivity contribution in [2.75, 3.05) is 6.54 Å². The number of carbonyl (C=O) groups is 1. The number of rotatable bonds is 5. The Morgan fingerprint density at radius 3 is 3.00 bits per heavy atom. The summed E-state index contributed by atoms with van der Waals surface area (Å²) in [5.74, 6) is -0.440. The van der Waals surface area contributed by atoms with Crippen LogP contribution in [-0.2, 0) is 4.79 Å². The van der Waals surface area contributed by atoms with Crippen molar-refractivity contribution in [3.63, 3.8) is 0 Å². The molecule has 0 saturated carbocycles. The predicted octanol–water partition coefficient (Wildman–Crippen LogP) is 3.45. The first-order valence-corrected chi connectivity index (χ1v) is 7.08. The van der Waals surface area contributed by atoms with E-state index in [-0.39, 0.29) is 0 Å². The number of amides is 1. The number of carbonyl (C=O) groups excluding carboxylic acids is 1. The molecule has 0 saturated heterocycles. The zero-order chi connectivity index (χ0) is 14.3. The molecule has 1 atom stereocenters. The fourth-order valence-corrected chi connectivity index (χ4v) is 1.81. The van der Waals surface area contributed by atoms with Crippen molar-refractivity contribution in [3.8, 4) is 6.07 Å². The molecular formula is C12H12ClIN4O. The first kappa shape index (κ1) is 15.9. The molecule has 1 unspecified atom stereocenters. The van der Waals surface area contributed by atoms with Crippen LogP contribution in [0.3, 0.4) is 0 Å². The van der Waals surface area contributed by atoms with Gasteiger partial charge in [0.15, 0.2) is 0 Å². The topological polar surface area (TPSA) is 77.6 Å². The summed E-state index contributed by atoms with van der Waals surface area (Å²) in [6.07, 6.45) is 0.799. The van der Waals surface area contributed by atoms with Gasteiger partial charge >= 0.3 is 0 Å². The number of azo groups is 1. The molecule has 5 nitrogen and oxygen atoms in total. The van der Waals surface area contributed by atoms with Gasteiger partial charge in [0.25, 0.3) is 5.91 Å². The monoisotopic (exact) mass is 390 g/mol. The minimum Gasteiger partial charge on any atom is -0.353 e. The molecule has 0 aromatic heterocycles. The van der Waals surface area contributed by atoms with E-state index in [1.54, 1.807) is 18.2 Å². The Morgan fingerprint density at radius 1 is 1.63 bits per heavy atom. The lowest BCUT2D eigenvalue weighted by molar-refractivity contribution is -0.121. The van der Waals surface area contributed by atoms with Gasteiger partial charge in [-0.15, -0.1) is 0 Å². The fraction of sp³-hybridized carbons (Fsp3) is 0.333. The quantitative estimate of drug-likeness (QED) is 0.617. The van der Waals surface area contributed by atoms with Gasteiger partial charge in [-0.2, -0.15) is 15.5 Å². The molecule has 0 aliphatic rings. The van der Waals surface area contributed by atoms with Crippen molar-refractivity contribution in [1.29, 1.82) is 5.26 Å². The van der Waals surface area contributed by atoms with Crippen LogP contribution in [0, 0.1) is 14.9 Å². The van der Waals surface area contributed by atoms with Gasteiger partial charge in [-0.05, 0) is 41.1 Å². The summed E-state index contributed by atoms with van der Waals surface area (Å²) in [4.78, 5) is 11.6. The highest BCUT2D eigenvalue weighted by molar-refractivity contribution is 14.1. The Hall–Kier alpha value is -1.20. The van der Waals surface area contributed by atoms with E-state index < -0.39 is 11.9 Å². The molecule has 1 aromatic carbocycles. The number of nitrogens with zero attached hydrogens (tertiary/aromatic N) is 3. The maximum absolute atomic E-state index is 11.6. The first-order valence-electron chi connectivity index (χ1n) is 5.62. The van der Waals surface area contributed by atoms with Gasteiger partial charge in [0.2, 0.25) is 6.04 Å². The molecular weight excluding hydrogens is 379 g/mol. The summed E-state index contributed by atoms with van der Waals surface area (Å²) in [5.41, 5.74) is 0.539. The van der Waals surface area contributed by atoms with Gasteiger partial charge in [0, 0.05) is 6.54 Å². The van der Waals surface area contributed by atoms with Gasteiger partial charge < -0.3 is 5.32 Å². The minimum atomic E-state index is -1.14. The van der Waals surface area contributed by atoms with E-state index in [0.29, 0.717) is 17.3 Å². The number of benzene rings is 1. The van der Waals surface area contributed by atoms with E-state index in [1.807, 2.05) is 35.6 Å². The van der Waals surface area contributed by atoms with Crippen LogP contribution in [0.1, 0.15) is 13.3 Å². The summed E-state index contributed by atoms with van der Waals surface area (Å²) in [5, 5.41) is 19.7. The third-order valence-electron chi connectivity index (χ3n) is 2.13. The molecule has 0 bridgehead atoms. The zero-order valence-corrected chi connectivity index (χ0v) is 13.1. The van der Waals surface area contributed by atoms with Crippen molar-refractivity contribution >= 4 is 45.8 Å². The molecule has 0 radical (unpaired) electrons. The second-order valence-corrected chi connectivity index (χ2v) is 5.10. The average Bonchev–Trinajstić information content (AvgIpc) is 2.41. The van der Waals surface area contributed by atoms with Crippen LogP contribution in [0.2, 0.25) is 5.02 Å². The van der Waals surface area contributed by atoms with Crippen LogP contribution < -0.4 is 5.32 Å². The summed E-state index contributed by atoms with van der Waals surface area (Å²) < 4.78 is 0.733. The SMILES string of the molecule is CCCNC(=O)C(C#N)N=Nc1cccc(Cl)c1I. The zero-order valence-electron chi connectivity index (χ0n) is 10.2. The normalized spacial score (nSPS) is 12.1. The molecule has 1 aromatic rings. The summed E-state index contributed by atoms with van der Waals surface area (Å²) in [7, 11) is 0. The van der Waals surface area contributed by atoms with Crippen molar-refractivity contribution in [1.82, 2.24) is 5.32 Å². The van der Waals surface area contributed by atoms with Gasteiger partial charge in [-0.3, -0.25) is 4.79 Å². The molecule has 0 heterocycles. The molecule has 1 amide bonds. The highest BCUT2D eigenvalue weighted by atomic mass is 127. The van der Waals surface area contributed by atoms with Crippen molar-refractivity contribution in [2.24, 2.45) is 10.2 Å². The Morgan fingerprint density at radius 2 is 2.37 bits per heavy atom. The van der Waals surface area contributed by atoms with E-state index in [4.69, 9.17) is 16.9 Å². The molecule has 0 fully saturated rings. The third-order valence-corrected chi connectivity index (χ3v) is 3.90. The minimum absolute atomic E-state index is 0.440. The van der Waals surface area contributed by atoms with Crippen molar-refractivity contribution < 1.29 is 4.79 Å². The number of halogens is 2. The smallest absolute Gasteiger partial charge is 0.261 e. The second-order valence-electron chi connectivity index (χ2n) is 3.61. The van der Waals surface area contributed by atoms with E-state index in [1.165, 1.54) is 0 Å². The molecule has 0 aliphatic heterocycles. The number of hydrogen-bond donors (Lipinski definition) is 1. The molecule has 7 heteroatoms. The highest BCUT2D eigenvalue weighted by Gasteiger charge is 2.16. The van der Waals surface area contributed by atoms with Crippen molar-refractivity contribution in [3.05, 3.63) is 26.8 Å². The molecule has 100 valence electrons. The lowest BCUT2D eigenvalue weighted by Gasteiger charge is -2.04.